The van der Waals surface area contributed by atoms with Crippen LogP contribution in [0.25, 0.3) is 0 Å². The molecule has 1 amide bonds. The molecule has 0 saturated carbocycles. The molecular weight excluding hydrogens is 352 g/mol. The van der Waals surface area contributed by atoms with Crippen LogP contribution in [0.1, 0.15) is 36.1 Å². The Hall–Kier alpha value is -2.12. The third-order valence-corrected chi connectivity index (χ3v) is 7.23. The normalized spacial score (nSPS) is 21.0. The van der Waals surface area contributed by atoms with E-state index in [0.29, 0.717) is 31.1 Å². The summed E-state index contributed by atoms with van der Waals surface area (Å²) in [4.78, 5) is 13.7. The topological polar surface area (TPSA) is 70.8 Å². The zero-order valence-corrected chi connectivity index (χ0v) is 15.5. The summed E-state index contributed by atoms with van der Waals surface area (Å²) in [5, 5.41) is 0. The molecule has 0 bridgehead atoms. The molecule has 4 rings (SSSR count). The third kappa shape index (κ3) is 3.05. The minimum atomic E-state index is -3.55. The molecule has 0 aliphatic carbocycles. The largest absolute Gasteiger partial charge is 0.469 e. The number of hydrogen-bond acceptors (Lipinski definition) is 4. The molecule has 1 atom stereocenters. The molecule has 0 spiro atoms. The van der Waals surface area contributed by atoms with Crippen molar-refractivity contribution in [2.24, 2.45) is 0 Å². The molecule has 2 aliphatic rings. The number of nitrogens with zero attached hydrogens (tertiary/aromatic N) is 2. The molecule has 3 heterocycles. The van der Waals surface area contributed by atoms with Gasteiger partial charge in [0.15, 0.2) is 0 Å². The van der Waals surface area contributed by atoms with Crippen LogP contribution in [0.5, 0.6) is 0 Å². The summed E-state index contributed by atoms with van der Waals surface area (Å²) in [6.45, 7) is 3.63. The summed E-state index contributed by atoms with van der Waals surface area (Å²) in [7, 11) is -3.55. The van der Waals surface area contributed by atoms with E-state index in [2.05, 4.69) is 0 Å². The minimum Gasteiger partial charge on any atom is -0.469 e. The van der Waals surface area contributed by atoms with Crippen LogP contribution in [-0.2, 0) is 27.8 Å². The highest BCUT2D eigenvalue weighted by Gasteiger charge is 2.34. The van der Waals surface area contributed by atoms with E-state index >= 15 is 0 Å². The minimum absolute atomic E-state index is 0.0183. The van der Waals surface area contributed by atoms with E-state index in [0.717, 1.165) is 29.7 Å². The van der Waals surface area contributed by atoms with E-state index in [1.807, 2.05) is 18.2 Å². The average Bonchev–Trinajstić information content (AvgIpc) is 3.32. The Labute approximate surface area is 153 Å². The van der Waals surface area contributed by atoms with Crippen LogP contribution < -0.4 is 0 Å². The van der Waals surface area contributed by atoms with E-state index in [1.54, 1.807) is 30.2 Å². The maximum atomic E-state index is 13.1. The van der Waals surface area contributed by atoms with E-state index in [4.69, 9.17) is 4.42 Å². The van der Waals surface area contributed by atoms with Gasteiger partial charge in [-0.1, -0.05) is 6.07 Å². The summed E-state index contributed by atoms with van der Waals surface area (Å²) < 4.78 is 33.1. The first-order valence-corrected chi connectivity index (χ1v) is 10.3. The molecule has 2 aromatic rings. The van der Waals surface area contributed by atoms with Crippen molar-refractivity contribution in [3.63, 3.8) is 0 Å². The van der Waals surface area contributed by atoms with Crippen LogP contribution in [-0.4, -0.2) is 43.2 Å². The van der Waals surface area contributed by atoms with Crippen molar-refractivity contribution < 1.29 is 17.6 Å². The second kappa shape index (κ2) is 6.55. The van der Waals surface area contributed by atoms with Gasteiger partial charge in [0.25, 0.3) is 0 Å². The fourth-order valence-corrected chi connectivity index (χ4v) is 5.37. The molecule has 6 nitrogen and oxygen atoms in total. The highest BCUT2D eigenvalue weighted by Crippen LogP contribution is 2.32. The standard InChI is InChI=1S/C19H22N2O4S/c1-14(22)20-8-6-15-4-5-18(11-17(15)12-20)26(23,24)21-9-7-16(13-21)19-3-2-10-25-19/h2-5,10-11,16H,6-9,12-13H2,1H3. The van der Waals surface area contributed by atoms with Gasteiger partial charge in [-0.2, -0.15) is 4.31 Å². The summed E-state index contributed by atoms with van der Waals surface area (Å²) in [6.07, 6.45) is 3.14. The molecular formula is C19H22N2O4S. The second-order valence-corrected chi connectivity index (χ2v) is 8.92. The van der Waals surface area contributed by atoms with Crippen LogP contribution in [0.2, 0.25) is 0 Å². The van der Waals surface area contributed by atoms with Gasteiger partial charge >= 0.3 is 0 Å². The van der Waals surface area contributed by atoms with Crippen LogP contribution in [0, 0.1) is 0 Å². The Morgan fingerprint density at radius 2 is 2.04 bits per heavy atom. The van der Waals surface area contributed by atoms with Crippen molar-refractivity contribution in [3.05, 3.63) is 53.5 Å². The lowest BCUT2D eigenvalue weighted by atomic mass is 10.00. The Balaban J connectivity index is 1.57. The van der Waals surface area contributed by atoms with Gasteiger partial charge in [-0.05, 0) is 48.2 Å². The maximum Gasteiger partial charge on any atom is 0.243 e. The fourth-order valence-electron chi connectivity index (χ4n) is 3.81. The highest BCUT2D eigenvalue weighted by atomic mass is 32.2. The lowest BCUT2D eigenvalue weighted by molar-refractivity contribution is -0.129. The lowest BCUT2D eigenvalue weighted by Crippen LogP contribution is -2.34. The first-order chi connectivity index (χ1) is 12.4. The average molecular weight is 374 g/mol. The van der Waals surface area contributed by atoms with E-state index in [1.165, 1.54) is 4.31 Å². The van der Waals surface area contributed by atoms with Crippen molar-refractivity contribution in [3.8, 4) is 0 Å². The number of sulfonamides is 1. The molecule has 1 aromatic carbocycles. The number of benzene rings is 1. The van der Waals surface area contributed by atoms with Crippen molar-refractivity contribution in [1.29, 1.82) is 0 Å². The molecule has 1 fully saturated rings. The summed E-state index contributed by atoms with van der Waals surface area (Å²) >= 11 is 0. The molecule has 0 radical (unpaired) electrons. The van der Waals surface area contributed by atoms with Crippen LogP contribution >= 0.6 is 0 Å². The zero-order chi connectivity index (χ0) is 18.3. The third-order valence-electron chi connectivity index (χ3n) is 5.37. The number of hydrogen-bond donors (Lipinski definition) is 0. The SMILES string of the molecule is CC(=O)N1CCc2ccc(S(=O)(=O)N3CCC(c4ccco4)C3)cc2C1. The second-order valence-electron chi connectivity index (χ2n) is 6.99. The molecule has 1 aromatic heterocycles. The maximum absolute atomic E-state index is 13.1. The van der Waals surface area contributed by atoms with E-state index in [9.17, 15) is 13.2 Å². The first-order valence-electron chi connectivity index (χ1n) is 8.86. The van der Waals surface area contributed by atoms with Crippen molar-refractivity contribution in [2.45, 2.75) is 37.1 Å². The predicted molar refractivity (Wildman–Crippen MR) is 96.1 cm³/mol. The number of amides is 1. The number of fused-ring (bicyclic) bond motifs is 1. The van der Waals surface area contributed by atoms with Crippen molar-refractivity contribution in [1.82, 2.24) is 9.21 Å². The summed E-state index contributed by atoms with van der Waals surface area (Å²) in [5.41, 5.74) is 2.05. The molecule has 2 aliphatic heterocycles. The van der Waals surface area contributed by atoms with Gasteiger partial charge in [0.1, 0.15) is 5.76 Å². The molecule has 7 heteroatoms. The lowest BCUT2D eigenvalue weighted by Gasteiger charge is -2.28. The molecule has 138 valence electrons. The highest BCUT2D eigenvalue weighted by molar-refractivity contribution is 7.89. The molecule has 1 unspecified atom stereocenters. The summed E-state index contributed by atoms with van der Waals surface area (Å²) in [6, 6.07) is 9.05. The van der Waals surface area contributed by atoms with Gasteiger partial charge < -0.3 is 9.32 Å². The van der Waals surface area contributed by atoms with Gasteiger partial charge in [-0.25, -0.2) is 8.42 Å². The van der Waals surface area contributed by atoms with Crippen molar-refractivity contribution in [2.75, 3.05) is 19.6 Å². The molecule has 0 N–H and O–H groups in total. The number of carbonyl (C=O) groups excluding carboxylic acids is 1. The quantitative estimate of drug-likeness (QED) is 0.827. The summed E-state index contributed by atoms with van der Waals surface area (Å²) in [5.74, 6) is 0.959. The monoisotopic (exact) mass is 374 g/mol. The van der Waals surface area contributed by atoms with Gasteiger partial charge in [0, 0.05) is 39.0 Å². The van der Waals surface area contributed by atoms with E-state index in [-0.39, 0.29) is 11.8 Å². The Morgan fingerprint density at radius 3 is 2.77 bits per heavy atom. The smallest absolute Gasteiger partial charge is 0.243 e. The van der Waals surface area contributed by atoms with E-state index < -0.39 is 10.0 Å². The molecule has 26 heavy (non-hydrogen) atoms. The number of carbonyl (C=O) groups is 1. The Bertz CT molecular complexity index is 921. The van der Waals surface area contributed by atoms with Crippen molar-refractivity contribution >= 4 is 15.9 Å². The predicted octanol–water partition coefficient (Wildman–Crippen LogP) is 2.36. The van der Waals surface area contributed by atoms with Crippen LogP contribution in [0.3, 0.4) is 0 Å². The van der Waals surface area contributed by atoms with Gasteiger partial charge in [-0.15, -0.1) is 0 Å². The number of rotatable bonds is 3. The van der Waals surface area contributed by atoms with Crippen LogP contribution in [0.4, 0.5) is 0 Å². The van der Waals surface area contributed by atoms with Gasteiger partial charge in [-0.3, -0.25) is 4.79 Å². The van der Waals surface area contributed by atoms with Gasteiger partial charge in [0.2, 0.25) is 15.9 Å². The Kier molecular flexibility index (Phi) is 4.36. The number of furan rings is 1. The Morgan fingerprint density at radius 1 is 1.19 bits per heavy atom. The molecule has 1 saturated heterocycles. The first kappa shape index (κ1) is 17.3. The fraction of sp³-hybridized carbons (Fsp3) is 0.421. The van der Waals surface area contributed by atoms with Gasteiger partial charge in [0.05, 0.1) is 11.2 Å². The van der Waals surface area contributed by atoms with Crippen LogP contribution in [0.15, 0.2) is 45.9 Å². The zero-order valence-electron chi connectivity index (χ0n) is 14.7.